The first-order valence-corrected chi connectivity index (χ1v) is 7.42. The van der Waals surface area contributed by atoms with Crippen molar-refractivity contribution in [2.24, 2.45) is 5.73 Å². The van der Waals surface area contributed by atoms with Crippen molar-refractivity contribution in [3.63, 3.8) is 0 Å². The average molecular weight is 289 g/mol. The van der Waals surface area contributed by atoms with Crippen molar-refractivity contribution in [1.29, 1.82) is 5.41 Å². The van der Waals surface area contributed by atoms with Crippen LogP contribution in [0.1, 0.15) is 21.6 Å². The molecule has 5 heteroatoms. The lowest BCUT2D eigenvalue weighted by Crippen LogP contribution is -2.29. The van der Waals surface area contributed by atoms with Crippen LogP contribution < -0.4 is 5.73 Å². The van der Waals surface area contributed by atoms with Crippen molar-refractivity contribution >= 4 is 17.2 Å². The summed E-state index contributed by atoms with van der Waals surface area (Å²) in [5.74, 6) is -0.584. The second-order valence-electron chi connectivity index (χ2n) is 5.02. The van der Waals surface area contributed by atoms with Gasteiger partial charge in [-0.05, 0) is 29.5 Å². The minimum absolute atomic E-state index is 0.190. The Labute approximate surface area is 121 Å². The maximum atomic E-state index is 14.3. The van der Waals surface area contributed by atoms with Gasteiger partial charge in [0.1, 0.15) is 11.7 Å². The second-order valence-corrected chi connectivity index (χ2v) is 6.02. The molecule has 1 aliphatic rings. The largest absolute Gasteiger partial charge is 0.384 e. The third kappa shape index (κ3) is 2.46. The van der Waals surface area contributed by atoms with Crippen LogP contribution in [0.15, 0.2) is 29.6 Å². The van der Waals surface area contributed by atoms with E-state index in [-0.39, 0.29) is 17.2 Å². The Hall–Kier alpha value is -1.72. The molecule has 1 aromatic carbocycles. The van der Waals surface area contributed by atoms with Gasteiger partial charge < -0.3 is 5.73 Å². The fourth-order valence-corrected chi connectivity index (χ4v) is 3.48. The summed E-state index contributed by atoms with van der Waals surface area (Å²) >= 11 is 1.80. The smallest absolute Gasteiger partial charge is 0.138 e. The van der Waals surface area contributed by atoms with Crippen LogP contribution in [0.4, 0.5) is 4.39 Å². The summed E-state index contributed by atoms with van der Waals surface area (Å²) in [6, 6.07) is 7.23. The van der Waals surface area contributed by atoms with E-state index in [4.69, 9.17) is 11.1 Å². The summed E-state index contributed by atoms with van der Waals surface area (Å²) in [5, 5.41) is 9.51. The first kappa shape index (κ1) is 13.3. The first-order valence-electron chi connectivity index (χ1n) is 6.54. The van der Waals surface area contributed by atoms with Gasteiger partial charge in [-0.1, -0.05) is 12.1 Å². The van der Waals surface area contributed by atoms with E-state index in [0.717, 1.165) is 19.5 Å². The van der Waals surface area contributed by atoms with E-state index in [1.807, 2.05) is 0 Å². The van der Waals surface area contributed by atoms with Gasteiger partial charge in [-0.3, -0.25) is 10.3 Å². The van der Waals surface area contributed by atoms with E-state index in [9.17, 15) is 4.39 Å². The second kappa shape index (κ2) is 5.34. The van der Waals surface area contributed by atoms with Gasteiger partial charge in [-0.25, -0.2) is 4.39 Å². The van der Waals surface area contributed by atoms with Crippen LogP contribution in [0.5, 0.6) is 0 Å². The van der Waals surface area contributed by atoms with Crippen molar-refractivity contribution in [1.82, 2.24) is 4.90 Å². The fourth-order valence-electron chi connectivity index (χ4n) is 2.59. The number of nitrogen functional groups attached to an aromatic ring is 1. The molecule has 0 aliphatic carbocycles. The molecule has 0 saturated carbocycles. The lowest BCUT2D eigenvalue weighted by atomic mass is 10.1. The van der Waals surface area contributed by atoms with Gasteiger partial charge in [0.2, 0.25) is 0 Å². The number of amidine groups is 1. The highest BCUT2D eigenvalue weighted by Gasteiger charge is 2.19. The summed E-state index contributed by atoms with van der Waals surface area (Å²) in [7, 11) is 0. The average Bonchev–Trinajstić information content (AvgIpc) is 2.88. The number of halogens is 1. The highest BCUT2D eigenvalue weighted by Crippen LogP contribution is 2.25. The lowest BCUT2D eigenvalue weighted by Gasteiger charge is -2.27. The van der Waals surface area contributed by atoms with Gasteiger partial charge in [-0.15, -0.1) is 11.3 Å². The highest BCUT2D eigenvalue weighted by molar-refractivity contribution is 7.10. The Morgan fingerprint density at radius 2 is 2.25 bits per heavy atom. The van der Waals surface area contributed by atoms with Gasteiger partial charge in [0, 0.05) is 30.1 Å². The van der Waals surface area contributed by atoms with E-state index in [2.05, 4.69) is 16.3 Å². The standard InChI is InChI=1S/C15H16FN3S/c16-14-11(2-1-3-12(14)15(17)18)9-19-6-4-13-10(8-19)5-7-20-13/h1-3,5,7H,4,6,8-9H2,(H3,17,18). The lowest BCUT2D eigenvalue weighted by molar-refractivity contribution is 0.244. The molecule has 0 radical (unpaired) electrons. The SMILES string of the molecule is N=C(N)c1cccc(CN2CCc3sccc3C2)c1F. The summed E-state index contributed by atoms with van der Waals surface area (Å²) in [4.78, 5) is 3.68. The molecule has 2 aromatic rings. The molecule has 1 aliphatic heterocycles. The quantitative estimate of drug-likeness (QED) is 0.674. The van der Waals surface area contributed by atoms with Crippen LogP contribution in [-0.2, 0) is 19.5 Å². The Morgan fingerprint density at radius 3 is 3.05 bits per heavy atom. The molecule has 104 valence electrons. The summed E-state index contributed by atoms with van der Waals surface area (Å²) in [5.41, 5.74) is 7.55. The Kier molecular flexibility index (Phi) is 3.54. The highest BCUT2D eigenvalue weighted by atomic mass is 32.1. The van der Waals surface area contributed by atoms with Gasteiger partial charge in [-0.2, -0.15) is 0 Å². The zero-order valence-corrected chi connectivity index (χ0v) is 11.8. The number of fused-ring (bicyclic) bond motifs is 1. The normalized spacial score (nSPS) is 15.1. The third-order valence-electron chi connectivity index (χ3n) is 3.65. The molecule has 0 amide bonds. The van der Waals surface area contributed by atoms with Crippen LogP contribution in [0.2, 0.25) is 0 Å². The van der Waals surface area contributed by atoms with Crippen LogP contribution in [0, 0.1) is 11.2 Å². The van der Waals surface area contributed by atoms with E-state index in [1.165, 1.54) is 10.4 Å². The molecule has 0 spiro atoms. The van der Waals surface area contributed by atoms with Crippen LogP contribution in [0.25, 0.3) is 0 Å². The Balaban J connectivity index is 1.79. The van der Waals surface area contributed by atoms with Gasteiger partial charge in [0.05, 0.1) is 5.56 Å². The van der Waals surface area contributed by atoms with E-state index >= 15 is 0 Å². The van der Waals surface area contributed by atoms with Crippen molar-refractivity contribution in [2.75, 3.05) is 6.54 Å². The first-order chi connectivity index (χ1) is 9.65. The van der Waals surface area contributed by atoms with Crippen LogP contribution >= 0.6 is 11.3 Å². The van der Waals surface area contributed by atoms with Crippen LogP contribution in [0.3, 0.4) is 0 Å². The van der Waals surface area contributed by atoms with Gasteiger partial charge in [0.25, 0.3) is 0 Å². The summed E-state index contributed by atoms with van der Waals surface area (Å²) < 4.78 is 14.3. The van der Waals surface area contributed by atoms with E-state index in [1.54, 1.807) is 29.5 Å². The molecule has 2 heterocycles. The number of hydrogen-bond acceptors (Lipinski definition) is 3. The number of rotatable bonds is 3. The van der Waals surface area contributed by atoms with Crippen molar-refractivity contribution in [3.05, 3.63) is 57.0 Å². The Morgan fingerprint density at radius 1 is 1.40 bits per heavy atom. The Bertz CT molecular complexity index is 650. The summed E-state index contributed by atoms with van der Waals surface area (Å²) in [6.45, 7) is 2.36. The predicted octanol–water partition coefficient (Wildman–Crippen LogP) is 2.73. The zero-order chi connectivity index (χ0) is 14.1. The number of nitrogens with two attached hydrogens (primary N) is 1. The summed E-state index contributed by atoms with van der Waals surface area (Å²) in [6.07, 6.45) is 1.03. The molecule has 3 rings (SSSR count). The van der Waals surface area contributed by atoms with Gasteiger partial charge >= 0.3 is 0 Å². The number of benzene rings is 1. The molecule has 0 fully saturated rings. The van der Waals surface area contributed by atoms with E-state index in [0.29, 0.717) is 12.1 Å². The molecule has 0 atom stereocenters. The minimum atomic E-state index is -0.365. The number of hydrogen-bond donors (Lipinski definition) is 2. The predicted molar refractivity (Wildman–Crippen MR) is 79.6 cm³/mol. The van der Waals surface area contributed by atoms with Gasteiger partial charge in [0.15, 0.2) is 0 Å². The number of nitrogens with zero attached hydrogens (tertiary/aromatic N) is 1. The molecular formula is C15H16FN3S. The monoisotopic (exact) mass is 289 g/mol. The molecule has 0 bridgehead atoms. The number of nitrogens with one attached hydrogen (secondary N) is 1. The number of thiophene rings is 1. The molecule has 0 unspecified atom stereocenters. The molecule has 3 N–H and O–H groups in total. The zero-order valence-electron chi connectivity index (χ0n) is 11.0. The molecule has 3 nitrogen and oxygen atoms in total. The van der Waals surface area contributed by atoms with Crippen molar-refractivity contribution in [3.8, 4) is 0 Å². The maximum absolute atomic E-state index is 14.3. The topological polar surface area (TPSA) is 53.1 Å². The molecule has 20 heavy (non-hydrogen) atoms. The maximum Gasteiger partial charge on any atom is 0.138 e. The van der Waals surface area contributed by atoms with Crippen molar-refractivity contribution in [2.45, 2.75) is 19.5 Å². The fraction of sp³-hybridized carbons (Fsp3) is 0.267. The molecule has 0 saturated heterocycles. The minimum Gasteiger partial charge on any atom is -0.384 e. The van der Waals surface area contributed by atoms with Crippen LogP contribution in [-0.4, -0.2) is 17.3 Å². The third-order valence-corrected chi connectivity index (χ3v) is 4.67. The van der Waals surface area contributed by atoms with E-state index < -0.39 is 0 Å². The van der Waals surface area contributed by atoms with Crippen molar-refractivity contribution < 1.29 is 4.39 Å². The molecule has 1 aromatic heterocycles. The molecular weight excluding hydrogens is 273 g/mol.